The van der Waals surface area contributed by atoms with Crippen LogP contribution in [0.4, 0.5) is 0 Å². The Hall–Kier alpha value is -0.340. The van der Waals surface area contributed by atoms with Gasteiger partial charge in [-0.25, -0.2) is 0 Å². The zero-order valence-corrected chi connectivity index (χ0v) is 12.1. The van der Waals surface area contributed by atoms with Gasteiger partial charge in [0.05, 0.1) is 0 Å². The smallest absolute Gasteiger partial charge is 0.0227 e. The standard InChI is InChI=1S/C15H30N2/c1-5-7-9-17-12-14(8-6-2)16-11-15(17)10-13(3)4/h5,7,13-16H,6,8-12H2,1-4H3/b7-5+. The van der Waals surface area contributed by atoms with Gasteiger partial charge in [0.2, 0.25) is 0 Å². The summed E-state index contributed by atoms with van der Waals surface area (Å²) >= 11 is 0. The van der Waals surface area contributed by atoms with E-state index >= 15 is 0 Å². The second kappa shape index (κ2) is 7.88. The van der Waals surface area contributed by atoms with Crippen molar-refractivity contribution in [1.29, 1.82) is 0 Å². The minimum absolute atomic E-state index is 0.702. The molecule has 0 aromatic heterocycles. The van der Waals surface area contributed by atoms with Gasteiger partial charge in [0, 0.05) is 31.7 Å². The predicted octanol–water partition coefficient (Wildman–Crippen LogP) is 3.05. The second-order valence-electron chi connectivity index (χ2n) is 5.70. The van der Waals surface area contributed by atoms with Crippen molar-refractivity contribution in [1.82, 2.24) is 10.2 Å². The van der Waals surface area contributed by atoms with Crippen molar-refractivity contribution in [3.63, 3.8) is 0 Å². The molecule has 1 rings (SSSR count). The molecule has 1 saturated heterocycles. The third kappa shape index (κ3) is 5.22. The van der Waals surface area contributed by atoms with Gasteiger partial charge in [-0.15, -0.1) is 0 Å². The number of hydrogen-bond donors (Lipinski definition) is 1. The van der Waals surface area contributed by atoms with E-state index in [9.17, 15) is 0 Å². The number of allylic oxidation sites excluding steroid dienone is 1. The fourth-order valence-corrected chi connectivity index (χ4v) is 2.71. The van der Waals surface area contributed by atoms with Crippen molar-refractivity contribution in [2.24, 2.45) is 5.92 Å². The lowest BCUT2D eigenvalue weighted by Gasteiger charge is -2.40. The van der Waals surface area contributed by atoms with Crippen LogP contribution in [-0.4, -0.2) is 36.6 Å². The molecular weight excluding hydrogens is 208 g/mol. The van der Waals surface area contributed by atoms with Crippen LogP contribution in [0.15, 0.2) is 12.2 Å². The van der Waals surface area contributed by atoms with E-state index < -0.39 is 0 Å². The lowest BCUT2D eigenvalue weighted by molar-refractivity contribution is 0.124. The van der Waals surface area contributed by atoms with E-state index in [0.29, 0.717) is 6.04 Å². The fraction of sp³-hybridized carbons (Fsp3) is 0.867. The summed E-state index contributed by atoms with van der Waals surface area (Å²) in [6, 6.07) is 1.42. The Bertz CT molecular complexity index is 223. The van der Waals surface area contributed by atoms with Crippen LogP contribution in [0.25, 0.3) is 0 Å². The Labute approximate surface area is 107 Å². The monoisotopic (exact) mass is 238 g/mol. The number of piperazine rings is 1. The summed E-state index contributed by atoms with van der Waals surface area (Å²) in [5.74, 6) is 0.789. The molecule has 1 aliphatic heterocycles. The zero-order valence-electron chi connectivity index (χ0n) is 12.1. The van der Waals surface area contributed by atoms with Crippen molar-refractivity contribution < 1.29 is 0 Å². The predicted molar refractivity (Wildman–Crippen MR) is 76.3 cm³/mol. The van der Waals surface area contributed by atoms with Gasteiger partial charge < -0.3 is 5.32 Å². The van der Waals surface area contributed by atoms with Crippen LogP contribution in [0, 0.1) is 5.92 Å². The van der Waals surface area contributed by atoms with Gasteiger partial charge in [-0.1, -0.05) is 39.3 Å². The Morgan fingerprint density at radius 1 is 1.41 bits per heavy atom. The molecule has 0 amide bonds. The van der Waals surface area contributed by atoms with Gasteiger partial charge in [0.15, 0.2) is 0 Å². The van der Waals surface area contributed by atoms with Crippen LogP contribution in [0.5, 0.6) is 0 Å². The van der Waals surface area contributed by atoms with E-state index in [4.69, 9.17) is 0 Å². The maximum atomic E-state index is 3.72. The van der Waals surface area contributed by atoms with E-state index in [1.165, 1.54) is 32.4 Å². The van der Waals surface area contributed by atoms with Gasteiger partial charge in [-0.2, -0.15) is 0 Å². The molecule has 0 spiro atoms. The molecule has 0 aromatic rings. The normalized spacial score (nSPS) is 27.1. The molecule has 1 heterocycles. The van der Waals surface area contributed by atoms with Gasteiger partial charge >= 0.3 is 0 Å². The first-order chi connectivity index (χ1) is 8.17. The largest absolute Gasteiger partial charge is 0.311 e. The van der Waals surface area contributed by atoms with Crippen molar-refractivity contribution in [3.8, 4) is 0 Å². The minimum atomic E-state index is 0.702. The van der Waals surface area contributed by atoms with Crippen LogP contribution in [0.2, 0.25) is 0 Å². The van der Waals surface area contributed by atoms with Crippen LogP contribution >= 0.6 is 0 Å². The summed E-state index contributed by atoms with van der Waals surface area (Å²) in [5, 5.41) is 3.72. The molecule has 2 heteroatoms. The quantitative estimate of drug-likeness (QED) is 0.716. The molecule has 17 heavy (non-hydrogen) atoms. The highest BCUT2D eigenvalue weighted by Gasteiger charge is 2.26. The summed E-state index contributed by atoms with van der Waals surface area (Å²) in [6.45, 7) is 12.5. The van der Waals surface area contributed by atoms with Crippen LogP contribution in [-0.2, 0) is 0 Å². The molecular formula is C15H30N2. The third-order valence-electron chi connectivity index (χ3n) is 3.57. The molecule has 1 fully saturated rings. The maximum absolute atomic E-state index is 3.72. The summed E-state index contributed by atoms with van der Waals surface area (Å²) in [5.41, 5.74) is 0. The number of nitrogens with zero attached hydrogens (tertiary/aromatic N) is 1. The Morgan fingerprint density at radius 2 is 2.18 bits per heavy atom. The zero-order chi connectivity index (χ0) is 12.7. The van der Waals surface area contributed by atoms with Gasteiger partial charge in [0.1, 0.15) is 0 Å². The highest BCUT2D eigenvalue weighted by molar-refractivity contribution is 4.91. The molecule has 0 saturated carbocycles. The van der Waals surface area contributed by atoms with Crippen molar-refractivity contribution >= 4 is 0 Å². The summed E-state index contributed by atoms with van der Waals surface area (Å²) in [4.78, 5) is 2.66. The van der Waals surface area contributed by atoms with E-state index in [2.05, 4.69) is 50.1 Å². The number of nitrogens with one attached hydrogen (secondary N) is 1. The van der Waals surface area contributed by atoms with Crippen LogP contribution in [0.3, 0.4) is 0 Å². The lowest BCUT2D eigenvalue weighted by atomic mass is 9.98. The average Bonchev–Trinajstić information content (AvgIpc) is 2.29. The molecule has 2 unspecified atom stereocenters. The van der Waals surface area contributed by atoms with Crippen LogP contribution in [0.1, 0.15) is 47.0 Å². The molecule has 0 bridgehead atoms. The second-order valence-corrected chi connectivity index (χ2v) is 5.70. The van der Waals surface area contributed by atoms with Crippen molar-refractivity contribution in [2.75, 3.05) is 19.6 Å². The fourth-order valence-electron chi connectivity index (χ4n) is 2.71. The first-order valence-corrected chi connectivity index (χ1v) is 7.25. The number of rotatable bonds is 6. The Kier molecular flexibility index (Phi) is 6.83. The molecule has 1 aliphatic rings. The summed E-state index contributed by atoms with van der Waals surface area (Å²) in [6.07, 6.45) is 8.36. The van der Waals surface area contributed by atoms with Gasteiger partial charge in [-0.05, 0) is 25.7 Å². The van der Waals surface area contributed by atoms with Crippen molar-refractivity contribution in [2.45, 2.75) is 59.0 Å². The van der Waals surface area contributed by atoms with Gasteiger partial charge in [-0.3, -0.25) is 4.90 Å². The Morgan fingerprint density at radius 3 is 2.76 bits per heavy atom. The highest BCUT2D eigenvalue weighted by Crippen LogP contribution is 2.17. The summed E-state index contributed by atoms with van der Waals surface area (Å²) < 4.78 is 0. The average molecular weight is 238 g/mol. The van der Waals surface area contributed by atoms with Gasteiger partial charge in [0.25, 0.3) is 0 Å². The van der Waals surface area contributed by atoms with Crippen molar-refractivity contribution in [3.05, 3.63) is 12.2 Å². The highest BCUT2D eigenvalue weighted by atomic mass is 15.2. The molecule has 2 nitrogen and oxygen atoms in total. The Balaban J connectivity index is 2.52. The molecule has 100 valence electrons. The van der Waals surface area contributed by atoms with Crippen LogP contribution < -0.4 is 5.32 Å². The van der Waals surface area contributed by atoms with E-state index in [0.717, 1.165) is 18.5 Å². The topological polar surface area (TPSA) is 15.3 Å². The molecule has 0 radical (unpaired) electrons. The van der Waals surface area contributed by atoms with E-state index in [-0.39, 0.29) is 0 Å². The van der Waals surface area contributed by atoms with E-state index in [1.807, 2.05) is 0 Å². The maximum Gasteiger partial charge on any atom is 0.0227 e. The molecule has 0 aromatic carbocycles. The first-order valence-electron chi connectivity index (χ1n) is 7.25. The summed E-state index contributed by atoms with van der Waals surface area (Å²) in [7, 11) is 0. The minimum Gasteiger partial charge on any atom is -0.311 e. The first kappa shape index (κ1) is 14.7. The molecule has 1 N–H and O–H groups in total. The van der Waals surface area contributed by atoms with E-state index in [1.54, 1.807) is 0 Å². The SMILES string of the molecule is C/C=C/CN1CC(CCC)NCC1CC(C)C. The molecule has 0 aliphatic carbocycles. The molecule has 2 atom stereocenters. The lowest BCUT2D eigenvalue weighted by Crippen LogP contribution is -2.56. The number of hydrogen-bond acceptors (Lipinski definition) is 2. The third-order valence-corrected chi connectivity index (χ3v) is 3.57.